The van der Waals surface area contributed by atoms with Crippen LogP contribution in [0.2, 0.25) is 0 Å². The van der Waals surface area contributed by atoms with Crippen LogP contribution in [0, 0.1) is 12.8 Å². The number of carbonyl (C=O) groups is 2. The Bertz CT molecular complexity index is 788. The molecular weight excluding hydrogens is 320 g/mol. The highest BCUT2D eigenvalue weighted by Crippen LogP contribution is 2.39. The quantitative estimate of drug-likeness (QED) is 0.816. The summed E-state index contributed by atoms with van der Waals surface area (Å²) in [5.41, 5.74) is 2.59. The molecule has 0 bridgehead atoms. The molecule has 0 radical (unpaired) electrons. The summed E-state index contributed by atoms with van der Waals surface area (Å²) >= 11 is 0. The molecule has 2 amide bonds. The van der Waals surface area contributed by atoms with E-state index in [9.17, 15) is 9.59 Å². The predicted octanol–water partition coefficient (Wildman–Crippen LogP) is 0.697. The van der Waals surface area contributed by atoms with Gasteiger partial charge in [-0.05, 0) is 6.92 Å². The van der Waals surface area contributed by atoms with Gasteiger partial charge in [-0.1, -0.05) is 0 Å². The van der Waals surface area contributed by atoms with Crippen molar-refractivity contribution in [3.8, 4) is 0 Å². The van der Waals surface area contributed by atoms with E-state index in [2.05, 4.69) is 15.1 Å². The van der Waals surface area contributed by atoms with Crippen LogP contribution in [-0.4, -0.2) is 55.5 Å². The first-order valence-electron chi connectivity index (χ1n) is 8.14. The van der Waals surface area contributed by atoms with E-state index < -0.39 is 5.92 Å². The van der Waals surface area contributed by atoms with Gasteiger partial charge in [0, 0.05) is 51.2 Å². The molecule has 1 saturated heterocycles. The van der Waals surface area contributed by atoms with Crippen molar-refractivity contribution >= 4 is 11.8 Å². The van der Waals surface area contributed by atoms with Gasteiger partial charge in [0.15, 0.2) is 0 Å². The van der Waals surface area contributed by atoms with E-state index in [-0.39, 0.29) is 24.3 Å². The van der Waals surface area contributed by atoms with Gasteiger partial charge in [-0.25, -0.2) is 0 Å². The van der Waals surface area contributed by atoms with Crippen LogP contribution in [0.4, 0.5) is 0 Å². The summed E-state index contributed by atoms with van der Waals surface area (Å²) in [5.74, 6) is -0.529. The Hall–Kier alpha value is -2.77. The van der Waals surface area contributed by atoms with Crippen LogP contribution >= 0.6 is 0 Å². The summed E-state index contributed by atoms with van der Waals surface area (Å²) in [6, 6.07) is -0.294. The van der Waals surface area contributed by atoms with Crippen molar-refractivity contribution in [3.05, 3.63) is 41.7 Å². The van der Waals surface area contributed by atoms with E-state index in [1.165, 1.54) is 0 Å². The van der Waals surface area contributed by atoms with Crippen LogP contribution in [0.3, 0.4) is 0 Å². The van der Waals surface area contributed by atoms with E-state index in [4.69, 9.17) is 0 Å². The van der Waals surface area contributed by atoms with Gasteiger partial charge in [0.05, 0.1) is 36.6 Å². The summed E-state index contributed by atoms with van der Waals surface area (Å²) in [4.78, 5) is 36.8. The van der Waals surface area contributed by atoms with E-state index in [0.717, 1.165) is 11.3 Å². The number of hydrogen-bond acceptors (Lipinski definition) is 5. The lowest BCUT2D eigenvalue weighted by molar-refractivity contribution is -0.135. The molecule has 0 unspecified atom stereocenters. The molecule has 132 valence electrons. The number of amides is 2. The minimum absolute atomic E-state index is 0.0282. The Morgan fingerprint density at radius 1 is 1.32 bits per heavy atom. The van der Waals surface area contributed by atoms with Crippen LogP contribution < -0.4 is 0 Å². The van der Waals surface area contributed by atoms with Crippen LogP contribution in [0.25, 0.3) is 0 Å². The van der Waals surface area contributed by atoms with Gasteiger partial charge in [0.2, 0.25) is 11.8 Å². The van der Waals surface area contributed by atoms with Crippen molar-refractivity contribution in [2.45, 2.75) is 25.9 Å². The largest absolute Gasteiger partial charge is 0.339 e. The van der Waals surface area contributed by atoms with Crippen molar-refractivity contribution in [2.24, 2.45) is 13.0 Å². The molecule has 1 fully saturated rings. The molecule has 2 atom stereocenters. The Morgan fingerprint density at radius 2 is 2.08 bits per heavy atom. The maximum Gasteiger partial charge on any atom is 0.228 e. The second-order valence-electron chi connectivity index (χ2n) is 6.46. The fourth-order valence-corrected chi connectivity index (χ4v) is 3.34. The Kier molecular flexibility index (Phi) is 4.52. The van der Waals surface area contributed by atoms with Gasteiger partial charge in [-0.2, -0.15) is 5.10 Å². The zero-order valence-corrected chi connectivity index (χ0v) is 14.9. The van der Waals surface area contributed by atoms with E-state index >= 15 is 0 Å². The minimum Gasteiger partial charge on any atom is -0.339 e. The summed E-state index contributed by atoms with van der Waals surface area (Å²) in [6.45, 7) is 2.31. The highest BCUT2D eigenvalue weighted by atomic mass is 16.2. The fraction of sp³-hybridized carbons (Fsp3) is 0.471. The highest BCUT2D eigenvalue weighted by Gasteiger charge is 2.44. The van der Waals surface area contributed by atoms with Crippen molar-refractivity contribution < 1.29 is 9.59 Å². The standard InChI is InChI=1S/C17H22N6O2/c1-11-14(9-20-23(11)4)16-13(7-15(24)22(16)3)17(25)21(2)10-12-8-18-5-6-19-12/h5-6,8-9,13,16H,7,10H2,1-4H3/t13-,16-/m0/s1. The number of nitrogens with zero attached hydrogens (tertiary/aromatic N) is 6. The van der Waals surface area contributed by atoms with E-state index in [1.807, 2.05) is 14.0 Å². The maximum atomic E-state index is 13.0. The third-order valence-corrected chi connectivity index (χ3v) is 4.89. The average Bonchev–Trinajstić information content (AvgIpc) is 3.08. The Morgan fingerprint density at radius 3 is 2.68 bits per heavy atom. The summed E-state index contributed by atoms with van der Waals surface area (Å²) in [7, 11) is 5.33. The van der Waals surface area contributed by atoms with Crippen LogP contribution in [0.15, 0.2) is 24.8 Å². The predicted molar refractivity (Wildman–Crippen MR) is 90.1 cm³/mol. The monoisotopic (exact) mass is 342 g/mol. The van der Waals surface area contributed by atoms with Gasteiger partial charge in [-0.15, -0.1) is 0 Å². The Labute approximate surface area is 146 Å². The number of likely N-dealkylation sites (tertiary alicyclic amines) is 1. The zero-order valence-electron chi connectivity index (χ0n) is 14.9. The molecule has 2 aromatic rings. The normalized spacial score (nSPS) is 20.2. The lowest BCUT2D eigenvalue weighted by Gasteiger charge is -2.27. The van der Waals surface area contributed by atoms with E-state index in [0.29, 0.717) is 12.2 Å². The molecule has 2 aromatic heterocycles. The van der Waals surface area contributed by atoms with Gasteiger partial charge in [-0.3, -0.25) is 24.2 Å². The third kappa shape index (κ3) is 3.11. The number of carbonyl (C=O) groups excluding carboxylic acids is 2. The molecule has 0 saturated carbocycles. The van der Waals surface area contributed by atoms with Gasteiger partial charge >= 0.3 is 0 Å². The Balaban J connectivity index is 1.84. The van der Waals surface area contributed by atoms with Gasteiger partial charge in [0.25, 0.3) is 0 Å². The van der Waals surface area contributed by atoms with Crippen LogP contribution in [0.1, 0.15) is 29.4 Å². The molecule has 0 aromatic carbocycles. The summed E-state index contributed by atoms with van der Waals surface area (Å²) < 4.78 is 1.76. The average molecular weight is 342 g/mol. The maximum absolute atomic E-state index is 13.0. The number of aromatic nitrogens is 4. The molecule has 8 heteroatoms. The number of aryl methyl sites for hydroxylation is 1. The summed E-state index contributed by atoms with van der Waals surface area (Å²) in [6.07, 6.45) is 6.79. The molecule has 25 heavy (non-hydrogen) atoms. The van der Waals surface area contributed by atoms with Crippen molar-refractivity contribution in [1.82, 2.24) is 29.5 Å². The molecular formula is C17H22N6O2. The van der Waals surface area contributed by atoms with Gasteiger partial charge < -0.3 is 9.80 Å². The first-order valence-corrected chi connectivity index (χ1v) is 8.14. The molecule has 1 aliphatic heterocycles. The van der Waals surface area contributed by atoms with Crippen LogP contribution in [-0.2, 0) is 23.2 Å². The van der Waals surface area contributed by atoms with Crippen molar-refractivity contribution in [2.75, 3.05) is 14.1 Å². The zero-order chi connectivity index (χ0) is 18.1. The highest BCUT2D eigenvalue weighted by molar-refractivity contribution is 5.90. The van der Waals surface area contributed by atoms with Crippen molar-refractivity contribution in [1.29, 1.82) is 0 Å². The van der Waals surface area contributed by atoms with Gasteiger partial charge in [0.1, 0.15) is 0 Å². The number of hydrogen-bond donors (Lipinski definition) is 0. The minimum atomic E-state index is -0.429. The summed E-state index contributed by atoms with van der Waals surface area (Å²) in [5, 5.41) is 4.26. The molecule has 3 rings (SSSR count). The lowest BCUT2D eigenvalue weighted by atomic mass is 9.93. The lowest BCUT2D eigenvalue weighted by Crippen LogP contribution is -2.36. The smallest absolute Gasteiger partial charge is 0.228 e. The van der Waals surface area contributed by atoms with Crippen molar-refractivity contribution in [3.63, 3.8) is 0 Å². The molecule has 0 N–H and O–H groups in total. The number of rotatable bonds is 4. The SMILES string of the molecule is Cc1c([C@@H]2[C@@H](C(=O)N(C)Cc3cnccn3)CC(=O)N2C)cnn1C. The second kappa shape index (κ2) is 6.62. The first-order chi connectivity index (χ1) is 11.9. The van der Waals surface area contributed by atoms with Crippen LogP contribution in [0.5, 0.6) is 0 Å². The fourth-order valence-electron chi connectivity index (χ4n) is 3.34. The molecule has 3 heterocycles. The van der Waals surface area contributed by atoms with E-state index in [1.54, 1.807) is 53.4 Å². The third-order valence-electron chi connectivity index (χ3n) is 4.89. The molecule has 0 spiro atoms. The molecule has 8 nitrogen and oxygen atoms in total. The molecule has 0 aliphatic carbocycles. The second-order valence-corrected chi connectivity index (χ2v) is 6.46. The first kappa shape index (κ1) is 17.1. The topological polar surface area (TPSA) is 84.2 Å². The molecule has 1 aliphatic rings.